The molecule has 2 aliphatic heterocycles. The molecule has 156 valence electrons. The molecule has 1 saturated heterocycles. The zero-order chi connectivity index (χ0) is 20.5. The number of nitrogens with zero attached hydrogens (tertiary/aromatic N) is 2. The number of rotatable bonds is 5. The molecule has 0 radical (unpaired) electrons. The van der Waals surface area contributed by atoms with Gasteiger partial charge in [-0.25, -0.2) is 12.8 Å². The van der Waals surface area contributed by atoms with Gasteiger partial charge in [-0.15, -0.1) is 0 Å². The average molecular weight is 421 g/mol. The number of sulfonamides is 1. The number of para-hydroxylation sites is 1. The molecule has 4 rings (SSSR count). The predicted molar refractivity (Wildman–Crippen MR) is 107 cm³/mol. The van der Waals surface area contributed by atoms with Crippen LogP contribution in [0.25, 0.3) is 0 Å². The number of hydrogen-bond donors (Lipinski definition) is 0. The van der Waals surface area contributed by atoms with Gasteiger partial charge in [0.15, 0.2) is 0 Å². The smallest absolute Gasteiger partial charge is 0.246 e. The van der Waals surface area contributed by atoms with Crippen LogP contribution in [0.3, 0.4) is 0 Å². The van der Waals surface area contributed by atoms with Crippen molar-refractivity contribution < 1.29 is 22.3 Å². The van der Waals surface area contributed by atoms with E-state index in [-0.39, 0.29) is 23.8 Å². The van der Waals surface area contributed by atoms with Crippen LogP contribution < -0.4 is 4.74 Å². The topological polar surface area (TPSA) is 59.1 Å². The van der Waals surface area contributed by atoms with Gasteiger partial charge < -0.3 is 9.47 Å². The molecule has 2 heterocycles. The quantitative estimate of drug-likeness (QED) is 0.744. The van der Waals surface area contributed by atoms with Crippen LogP contribution in [0.1, 0.15) is 12.0 Å². The van der Waals surface area contributed by atoms with Crippen molar-refractivity contribution in [3.63, 3.8) is 0 Å². The maximum absolute atomic E-state index is 14.1. The van der Waals surface area contributed by atoms with E-state index in [9.17, 15) is 12.8 Å². The molecule has 2 aromatic rings. The van der Waals surface area contributed by atoms with Crippen molar-refractivity contribution >= 4 is 10.0 Å². The number of benzene rings is 2. The number of ether oxygens (including phenoxy) is 2. The highest BCUT2D eigenvalue weighted by Crippen LogP contribution is 2.38. The monoisotopic (exact) mass is 420 g/mol. The van der Waals surface area contributed by atoms with E-state index in [0.717, 1.165) is 0 Å². The summed E-state index contributed by atoms with van der Waals surface area (Å²) in [6, 6.07) is 13.5. The van der Waals surface area contributed by atoms with Gasteiger partial charge >= 0.3 is 0 Å². The fraction of sp³-hybridized carbons (Fsp3) is 0.429. The highest BCUT2D eigenvalue weighted by Gasteiger charge is 2.47. The maximum Gasteiger partial charge on any atom is 0.246 e. The van der Waals surface area contributed by atoms with Crippen molar-refractivity contribution in [2.45, 2.75) is 23.5 Å². The van der Waals surface area contributed by atoms with Crippen LogP contribution >= 0.6 is 0 Å². The minimum Gasteiger partial charge on any atom is -0.483 e. The summed E-state index contributed by atoms with van der Waals surface area (Å²) in [6.45, 7) is 2.48. The molecule has 0 aliphatic carbocycles. The molecule has 1 atom stereocenters. The van der Waals surface area contributed by atoms with Crippen LogP contribution in [0.5, 0.6) is 5.75 Å². The van der Waals surface area contributed by atoms with E-state index in [1.54, 1.807) is 43.5 Å². The minimum atomic E-state index is -3.69. The lowest BCUT2D eigenvalue weighted by atomic mass is 10.0. The Hall–Kier alpha value is -2.00. The number of halogens is 1. The van der Waals surface area contributed by atoms with Crippen molar-refractivity contribution in [2.75, 3.05) is 39.9 Å². The first-order valence-corrected chi connectivity index (χ1v) is 11.1. The lowest BCUT2D eigenvalue weighted by Gasteiger charge is -2.32. The Kier molecular flexibility index (Phi) is 5.61. The summed E-state index contributed by atoms with van der Waals surface area (Å²) in [4.78, 5) is 2.30. The van der Waals surface area contributed by atoms with E-state index in [2.05, 4.69) is 4.90 Å². The van der Waals surface area contributed by atoms with Crippen molar-refractivity contribution in [1.82, 2.24) is 9.21 Å². The zero-order valence-electron chi connectivity index (χ0n) is 16.4. The predicted octanol–water partition coefficient (Wildman–Crippen LogP) is 2.50. The fourth-order valence-corrected chi connectivity index (χ4v) is 5.71. The Bertz CT molecular complexity index is 984. The molecule has 1 fully saturated rings. The van der Waals surface area contributed by atoms with E-state index in [4.69, 9.17) is 9.47 Å². The number of likely N-dealkylation sites (tertiary alicyclic amines) is 1. The van der Waals surface area contributed by atoms with Crippen molar-refractivity contribution in [2.24, 2.45) is 0 Å². The Labute approximate surface area is 170 Å². The first-order valence-electron chi connectivity index (χ1n) is 9.66. The Morgan fingerprint density at radius 1 is 1.14 bits per heavy atom. The zero-order valence-corrected chi connectivity index (χ0v) is 17.2. The van der Waals surface area contributed by atoms with Gasteiger partial charge in [0, 0.05) is 45.3 Å². The Balaban J connectivity index is 1.63. The molecule has 6 nitrogen and oxygen atoms in total. The summed E-state index contributed by atoms with van der Waals surface area (Å²) in [5.41, 5.74) is -0.0546. The lowest BCUT2D eigenvalue weighted by molar-refractivity contribution is 0.0532. The number of fused-ring (bicyclic) bond motifs is 1. The number of hydrogen-bond acceptors (Lipinski definition) is 5. The van der Waals surface area contributed by atoms with E-state index in [1.807, 2.05) is 6.07 Å². The second-order valence-corrected chi connectivity index (χ2v) is 9.52. The highest BCUT2D eigenvalue weighted by molar-refractivity contribution is 7.89. The second-order valence-electron chi connectivity index (χ2n) is 7.62. The lowest BCUT2D eigenvalue weighted by Crippen LogP contribution is -2.49. The normalized spacial score (nSPS) is 24.2. The molecular formula is C21H25FN2O4S. The van der Waals surface area contributed by atoms with Gasteiger partial charge in [-0.2, -0.15) is 4.31 Å². The Morgan fingerprint density at radius 2 is 1.90 bits per heavy atom. The molecular weight excluding hydrogens is 395 g/mol. The van der Waals surface area contributed by atoms with E-state index >= 15 is 0 Å². The summed E-state index contributed by atoms with van der Waals surface area (Å²) in [5, 5.41) is 0. The van der Waals surface area contributed by atoms with Crippen LogP contribution in [0.4, 0.5) is 4.39 Å². The third-order valence-corrected chi connectivity index (χ3v) is 7.43. The molecule has 1 spiro atoms. The highest BCUT2D eigenvalue weighted by atomic mass is 32.2. The molecule has 0 amide bonds. The minimum absolute atomic E-state index is 0.181. The molecule has 1 unspecified atom stereocenters. The van der Waals surface area contributed by atoms with Crippen molar-refractivity contribution in [3.8, 4) is 5.75 Å². The van der Waals surface area contributed by atoms with E-state index in [0.29, 0.717) is 44.0 Å². The Morgan fingerprint density at radius 3 is 2.69 bits per heavy atom. The van der Waals surface area contributed by atoms with Gasteiger partial charge in [0.05, 0.1) is 13.2 Å². The van der Waals surface area contributed by atoms with Crippen LogP contribution in [-0.2, 0) is 21.3 Å². The average Bonchev–Trinajstić information content (AvgIpc) is 3.05. The first-order chi connectivity index (χ1) is 13.9. The molecule has 0 N–H and O–H groups in total. The van der Waals surface area contributed by atoms with Crippen molar-refractivity contribution in [3.05, 3.63) is 59.9 Å². The van der Waals surface area contributed by atoms with Gasteiger partial charge in [-0.05, 0) is 18.2 Å². The molecule has 0 aromatic heterocycles. The molecule has 8 heteroatoms. The van der Waals surface area contributed by atoms with Crippen molar-refractivity contribution in [1.29, 1.82) is 0 Å². The third kappa shape index (κ3) is 4.02. The standard InChI is InChI=1S/C21H25FN2O4S/c1-27-13-12-24-16-21(28-19-8-4-5-9-20(19)29(24,25)26)10-11-23(15-21)14-17-6-2-3-7-18(17)22/h2-9H,10-16H2,1H3. The largest absolute Gasteiger partial charge is 0.483 e. The first kappa shape index (κ1) is 20.3. The van der Waals surface area contributed by atoms with Gasteiger partial charge in [0.1, 0.15) is 22.1 Å². The molecule has 29 heavy (non-hydrogen) atoms. The summed E-state index contributed by atoms with van der Waals surface area (Å²) in [7, 11) is -2.14. The van der Waals surface area contributed by atoms with Crippen LogP contribution in [0, 0.1) is 5.82 Å². The van der Waals surface area contributed by atoms with Crippen LogP contribution in [0.15, 0.2) is 53.4 Å². The maximum atomic E-state index is 14.1. The van der Waals surface area contributed by atoms with Gasteiger partial charge in [0.2, 0.25) is 10.0 Å². The fourth-order valence-electron chi connectivity index (χ4n) is 4.09. The van der Waals surface area contributed by atoms with Gasteiger partial charge in [-0.3, -0.25) is 4.90 Å². The number of methoxy groups -OCH3 is 1. The van der Waals surface area contributed by atoms with Gasteiger partial charge in [-0.1, -0.05) is 30.3 Å². The molecule has 2 aromatic carbocycles. The molecule has 2 aliphatic rings. The summed E-state index contributed by atoms with van der Waals surface area (Å²) in [6.07, 6.45) is 0.661. The van der Waals surface area contributed by atoms with E-state index in [1.165, 1.54) is 10.4 Å². The summed E-state index contributed by atoms with van der Waals surface area (Å²) >= 11 is 0. The van der Waals surface area contributed by atoms with Gasteiger partial charge in [0.25, 0.3) is 0 Å². The molecule has 0 saturated carbocycles. The third-order valence-electron chi connectivity index (χ3n) is 5.55. The van der Waals surface area contributed by atoms with Crippen LogP contribution in [0.2, 0.25) is 0 Å². The second kappa shape index (κ2) is 8.02. The van der Waals surface area contributed by atoms with E-state index < -0.39 is 15.6 Å². The summed E-state index contributed by atoms with van der Waals surface area (Å²) < 4.78 is 53.4. The van der Waals surface area contributed by atoms with Crippen LogP contribution in [-0.4, -0.2) is 63.1 Å². The molecule has 0 bridgehead atoms. The summed E-state index contributed by atoms with van der Waals surface area (Å²) in [5.74, 6) is 0.144. The SMILES string of the molecule is COCCN1CC2(CCN(Cc3ccccc3F)C2)Oc2ccccc2S1(=O)=O.